The van der Waals surface area contributed by atoms with Crippen molar-refractivity contribution in [3.8, 4) is 17.0 Å². The molecule has 6 heteroatoms. The number of methoxy groups -OCH3 is 1. The van der Waals surface area contributed by atoms with Crippen molar-refractivity contribution in [1.29, 1.82) is 0 Å². The molecule has 0 amide bonds. The average Bonchev–Trinajstić information content (AvgIpc) is 3.25. The first-order valence-corrected chi connectivity index (χ1v) is 10.7. The van der Waals surface area contributed by atoms with Gasteiger partial charge in [0.2, 0.25) is 0 Å². The van der Waals surface area contributed by atoms with E-state index in [0.29, 0.717) is 0 Å². The normalized spacial score (nSPS) is 17.8. The molecule has 0 N–H and O–H groups in total. The van der Waals surface area contributed by atoms with Gasteiger partial charge in [-0.3, -0.25) is 19.2 Å². The van der Waals surface area contributed by atoms with Crippen LogP contribution in [0.4, 0.5) is 0 Å². The molecule has 0 radical (unpaired) electrons. The fourth-order valence-corrected chi connectivity index (χ4v) is 4.33. The number of imidazole rings is 1. The summed E-state index contributed by atoms with van der Waals surface area (Å²) in [4.78, 5) is 14.2. The van der Waals surface area contributed by atoms with Crippen LogP contribution in [0.25, 0.3) is 16.9 Å². The minimum atomic E-state index is 0.258. The van der Waals surface area contributed by atoms with Crippen molar-refractivity contribution in [3.05, 3.63) is 84.4 Å². The van der Waals surface area contributed by atoms with Gasteiger partial charge in [0, 0.05) is 44.8 Å². The van der Waals surface area contributed by atoms with E-state index in [9.17, 15) is 0 Å². The number of benzene rings is 1. The van der Waals surface area contributed by atoms with E-state index >= 15 is 0 Å². The first-order valence-electron chi connectivity index (χ1n) is 10.7. The summed E-state index contributed by atoms with van der Waals surface area (Å²) in [6, 6.07) is 18.9. The molecule has 6 nitrogen and oxygen atoms in total. The lowest BCUT2D eigenvalue weighted by Crippen LogP contribution is -2.46. The first kappa shape index (κ1) is 19.7. The quantitative estimate of drug-likeness (QED) is 0.497. The van der Waals surface area contributed by atoms with E-state index in [4.69, 9.17) is 9.72 Å². The van der Waals surface area contributed by atoms with Gasteiger partial charge < -0.3 is 4.74 Å². The smallest absolute Gasteiger partial charge is 0.137 e. The number of nitrogens with zero attached hydrogens (tertiary/aromatic N) is 5. The predicted octanol–water partition coefficient (Wildman–Crippen LogP) is 3.89. The van der Waals surface area contributed by atoms with Gasteiger partial charge in [0.25, 0.3) is 0 Å². The highest BCUT2D eigenvalue weighted by atomic mass is 16.5. The molecule has 0 aliphatic carbocycles. The summed E-state index contributed by atoms with van der Waals surface area (Å²) in [6.07, 6.45) is 5.98. The number of ether oxygens (including phenoxy) is 1. The minimum Gasteiger partial charge on any atom is -0.497 e. The Morgan fingerprint density at radius 1 is 1.03 bits per heavy atom. The van der Waals surface area contributed by atoms with E-state index in [2.05, 4.69) is 68.8 Å². The second-order valence-electron chi connectivity index (χ2n) is 8.13. The van der Waals surface area contributed by atoms with Crippen LogP contribution in [0.2, 0.25) is 0 Å². The molecule has 4 aromatic rings. The number of hydrogen-bond donors (Lipinski definition) is 0. The van der Waals surface area contributed by atoms with Crippen LogP contribution in [0.5, 0.6) is 5.75 Å². The molecule has 158 valence electrons. The lowest BCUT2D eigenvalue weighted by molar-refractivity contribution is 0.0885. The van der Waals surface area contributed by atoms with Gasteiger partial charge in [0.05, 0.1) is 24.5 Å². The molecular weight excluding hydrogens is 386 g/mol. The molecule has 1 atom stereocenters. The Labute approximate surface area is 182 Å². The molecule has 31 heavy (non-hydrogen) atoms. The van der Waals surface area contributed by atoms with Gasteiger partial charge in [0.1, 0.15) is 11.4 Å². The summed E-state index contributed by atoms with van der Waals surface area (Å²) < 4.78 is 7.51. The molecule has 4 heterocycles. The second kappa shape index (κ2) is 8.49. The van der Waals surface area contributed by atoms with Crippen LogP contribution >= 0.6 is 0 Å². The highest BCUT2D eigenvalue weighted by Crippen LogP contribution is 2.28. The van der Waals surface area contributed by atoms with Gasteiger partial charge in [-0.2, -0.15) is 0 Å². The van der Waals surface area contributed by atoms with E-state index in [-0.39, 0.29) is 6.04 Å². The molecule has 1 aliphatic rings. The highest BCUT2D eigenvalue weighted by molar-refractivity contribution is 5.64. The van der Waals surface area contributed by atoms with Crippen LogP contribution in [-0.2, 0) is 6.54 Å². The first-order chi connectivity index (χ1) is 15.2. The summed E-state index contributed by atoms with van der Waals surface area (Å²) >= 11 is 0. The van der Waals surface area contributed by atoms with Crippen LogP contribution in [0.15, 0.2) is 73.2 Å². The summed E-state index contributed by atoms with van der Waals surface area (Å²) in [6.45, 7) is 3.94. The second-order valence-corrected chi connectivity index (χ2v) is 8.13. The zero-order valence-electron chi connectivity index (χ0n) is 18.0. The summed E-state index contributed by atoms with van der Waals surface area (Å²) in [5.41, 5.74) is 5.61. The van der Waals surface area contributed by atoms with Crippen LogP contribution in [0.1, 0.15) is 17.3 Å². The van der Waals surface area contributed by atoms with Gasteiger partial charge in [-0.15, -0.1) is 0 Å². The zero-order valence-corrected chi connectivity index (χ0v) is 18.0. The molecule has 0 spiro atoms. The molecule has 1 aliphatic heterocycles. The molecule has 1 fully saturated rings. The van der Waals surface area contributed by atoms with Crippen LogP contribution in [0.3, 0.4) is 0 Å². The Morgan fingerprint density at radius 3 is 2.68 bits per heavy atom. The van der Waals surface area contributed by atoms with Crippen molar-refractivity contribution in [2.24, 2.45) is 0 Å². The zero-order chi connectivity index (χ0) is 21.2. The van der Waals surface area contributed by atoms with E-state index < -0.39 is 0 Å². The molecule has 0 unspecified atom stereocenters. The van der Waals surface area contributed by atoms with Gasteiger partial charge in [-0.05, 0) is 60.6 Å². The van der Waals surface area contributed by atoms with Gasteiger partial charge in [0.15, 0.2) is 0 Å². The molecule has 0 saturated carbocycles. The summed E-state index contributed by atoms with van der Waals surface area (Å²) in [5, 5.41) is 0. The number of piperazine rings is 1. The maximum Gasteiger partial charge on any atom is 0.137 e. The van der Waals surface area contributed by atoms with E-state index in [0.717, 1.165) is 54.5 Å². The standard InChI is InChI=1S/C25H27N5O/c1-28-13-14-29(16-19-5-4-12-26-15-19)18-24(28)22-17-30-23(6-3-7-25(30)27-22)20-8-10-21(31-2)11-9-20/h3-12,15,17,24H,13-14,16,18H2,1-2H3/t24-/m1/s1. The minimum absolute atomic E-state index is 0.258. The van der Waals surface area contributed by atoms with Crippen molar-refractivity contribution in [1.82, 2.24) is 24.2 Å². The third-order valence-corrected chi connectivity index (χ3v) is 6.10. The van der Waals surface area contributed by atoms with Crippen molar-refractivity contribution in [2.45, 2.75) is 12.6 Å². The lowest BCUT2D eigenvalue weighted by atomic mass is 10.1. The summed E-state index contributed by atoms with van der Waals surface area (Å²) in [7, 11) is 3.89. The Balaban J connectivity index is 1.43. The van der Waals surface area contributed by atoms with Crippen molar-refractivity contribution in [2.75, 3.05) is 33.8 Å². The molecular formula is C25H27N5O. The van der Waals surface area contributed by atoms with Crippen LogP contribution < -0.4 is 4.74 Å². The maximum atomic E-state index is 5.31. The fourth-order valence-electron chi connectivity index (χ4n) is 4.33. The Kier molecular flexibility index (Phi) is 5.40. The van der Waals surface area contributed by atoms with Crippen LogP contribution in [0, 0.1) is 0 Å². The Hall–Kier alpha value is -3.22. The van der Waals surface area contributed by atoms with Crippen LogP contribution in [-0.4, -0.2) is 58.0 Å². The Morgan fingerprint density at radius 2 is 1.90 bits per heavy atom. The molecule has 1 saturated heterocycles. The summed E-state index contributed by atoms with van der Waals surface area (Å²) in [5.74, 6) is 0.861. The number of pyridine rings is 2. The van der Waals surface area contributed by atoms with Crippen molar-refractivity contribution in [3.63, 3.8) is 0 Å². The SMILES string of the molecule is COc1ccc(-c2cccc3nc([C@H]4CN(Cc5cccnc5)CCN4C)cn23)cc1. The van der Waals surface area contributed by atoms with Crippen molar-refractivity contribution < 1.29 is 4.74 Å². The number of hydrogen-bond acceptors (Lipinski definition) is 5. The molecule has 1 aromatic carbocycles. The van der Waals surface area contributed by atoms with E-state index in [1.165, 1.54) is 5.56 Å². The number of aromatic nitrogens is 3. The topological polar surface area (TPSA) is 45.9 Å². The molecule has 5 rings (SSSR count). The van der Waals surface area contributed by atoms with Gasteiger partial charge >= 0.3 is 0 Å². The fraction of sp³-hybridized carbons (Fsp3) is 0.280. The third kappa shape index (κ3) is 4.04. The third-order valence-electron chi connectivity index (χ3n) is 6.10. The number of fused-ring (bicyclic) bond motifs is 1. The highest BCUT2D eigenvalue weighted by Gasteiger charge is 2.28. The largest absolute Gasteiger partial charge is 0.497 e. The molecule has 3 aromatic heterocycles. The Bertz CT molecular complexity index is 1160. The monoisotopic (exact) mass is 413 g/mol. The van der Waals surface area contributed by atoms with E-state index in [1.54, 1.807) is 7.11 Å². The predicted molar refractivity (Wildman–Crippen MR) is 122 cm³/mol. The van der Waals surface area contributed by atoms with E-state index in [1.807, 2.05) is 30.6 Å². The van der Waals surface area contributed by atoms with Gasteiger partial charge in [-0.1, -0.05) is 12.1 Å². The average molecular weight is 414 g/mol. The number of likely N-dealkylation sites (N-methyl/N-ethyl adjacent to an activating group) is 1. The van der Waals surface area contributed by atoms with Gasteiger partial charge in [-0.25, -0.2) is 4.98 Å². The van der Waals surface area contributed by atoms with Crippen molar-refractivity contribution >= 4 is 5.65 Å². The maximum absolute atomic E-state index is 5.31. The molecule has 0 bridgehead atoms. The number of rotatable bonds is 5. The lowest BCUT2D eigenvalue weighted by Gasteiger charge is -2.38.